The number of aliphatic hydroxyl groups is 1. The van der Waals surface area contributed by atoms with Crippen molar-refractivity contribution in [2.24, 2.45) is 0 Å². The van der Waals surface area contributed by atoms with E-state index < -0.39 is 5.60 Å². The maximum atomic E-state index is 9.66. The molecule has 60 valence electrons. The summed E-state index contributed by atoms with van der Waals surface area (Å²) < 4.78 is 0. The molecule has 1 aromatic heterocycles. The number of aromatic nitrogens is 2. The van der Waals surface area contributed by atoms with E-state index in [1.807, 2.05) is 0 Å². The molecule has 4 nitrogen and oxygen atoms in total. The molecule has 11 heavy (non-hydrogen) atoms. The molecule has 0 unspecified atom stereocenters. The summed E-state index contributed by atoms with van der Waals surface area (Å²) in [6.07, 6.45) is 4.09. The fourth-order valence-electron chi connectivity index (χ4n) is 1.24. The molecule has 0 saturated carbocycles. The molecule has 1 fully saturated rings. The molecule has 1 saturated heterocycles. The molecular formula is C7H11N3O. The van der Waals surface area contributed by atoms with Gasteiger partial charge in [0.15, 0.2) is 0 Å². The minimum Gasteiger partial charge on any atom is -0.387 e. The Hall–Kier alpha value is -0.870. The van der Waals surface area contributed by atoms with Crippen molar-refractivity contribution in [2.75, 3.05) is 13.1 Å². The molecule has 0 bridgehead atoms. The first-order valence-electron chi connectivity index (χ1n) is 3.70. The number of aromatic amines is 1. The Balaban J connectivity index is 2.00. The summed E-state index contributed by atoms with van der Waals surface area (Å²) in [4.78, 5) is 7.00. The van der Waals surface area contributed by atoms with Gasteiger partial charge in [-0.05, 0) is 0 Å². The first-order valence-corrected chi connectivity index (χ1v) is 3.70. The second kappa shape index (κ2) is 2.32. The summed E-state index contributed by atoms with van der Waals surface area (Å²) in [7, 11) is 0. The van der Waals surface area contributed by atoms with E-state index in [9.17, 15) is 5.11 Å². The number of nitrogens with zero attached hydrogens (tertiary/aromatic N) is 1. The van der Waals surface area contributed by atoms with Crippen LogP contribution < -0.4 is 5.32 Å². The minimum absolute atomic E-state index is 0.558. The van der Waals surface area contributed by atoms with Crippen LogP contribution in [-0.4, -0.2) is 33.8 Å². The number of rotatable bonds is 2. The van der Waals surface area contributed by atoms with Gasteiger partial charge in [0.05, 0.1) is 5.60 Å². The number of hydrogen-bond donors (Lipinski definition) is 3. The van der Waals surface area contributed by atoms with Gasteiger partial charge in [0.1, 0.15) is 5.82 Å². The first kappa shape index (κ1) is 6.82. The van der Waals surface area contributed by atoms with Crippen molar-refractivity contribution in [3.05, 3.63) is 18.2 Å². The minimum atomic E-state index is -0.558. The fourth-order valence-corrected chi connectivity index (χ4v) is 1.24. The molecule has 0 aliphatic carbocycles. The molecule has 1 aromatic rings. The van der Waals surface area contributed by atoms with Gasteiger partial charge in [-0.25, -0.2) is 4.98 Å². The van der Waals surface area contributed by atoms with Crippen LogP contribution in [0.15, 0.2) is 12.4 Å². The zero-order valence-corrected chi connectivity index (χ0v) is 6.17. The molecule has 0 radical (unpaired) electrons. The largest absolute Gasteiger partial charge is 0.387 e. The van der Waals surface area contributed by atoms with Crippen LogP contribution in [0.5, 0.6) is 0 Å². The normalized spacial score (nSPS) is 21.2. The number of imidazole rings is 1. The Labute approximate surface area is 64.7 Å². The molecule has 2 rings (SSSR count). The van der Waals surface area contributed by atoms with Crippen LogP contribution in [0.2, 0.25) is 0 Å². The third-order valence-corrected chi connectivity index (χ3v) is 1.96. The highest BCUT2D eigenvalue weighted by Crippen LogP contribution is 2.14. The van der Waals surface area contributed by atoms with Crippen LogP contribution >= 0.6 is 0 Å². The highest BCUT2D eigenvalue weighted by Gasteiger charge is 2.34. The molecule has 0 atom stereocenters. The number of β-amino-alcohol motifs (C(OH)–C–C–N with tert-alkyl or cyclic N) is 1. The van der Waals surface area contributed by atoms with Crippen molar-refractivity contribution < 1.29 is 5.11 Å². The summed E-state index contributed by atoms with van der Waals surface area (Å²) >= 11 is 0. The second-order valence-corrected chi connectivity index (χ2v) is 3.04. The van der Waals surface area contributed by atoms with Crippen molar-refractivity contribution in [1.82, 2.24) is 15.3 Å². The van der Waals surface area contributed by atoms with Crippen LogP contribution in [0.4, 0.5) is 0 Å². The molecule has 0 aromatic carbocycles. The van der Waals surface area contributed by atoms with Crippen LogP contribution in [0.3, 0.4) is 0 Å². The van der Waals surface area contributed by atoms with E-state index in [2.05, 4.69) is 15.3 Å². The van der Waals surface area contributed by atoms with Crippen molar-refractivity contribution in [1.29, 1.82) is 0 Å². The highest BCUT2D eigenvalue weighted by atomic mass is 16.3. The Kier molecular flexibility index (Phi) is 1.44. The lowest BCUT2D eigenvalue weighted by molar-refractivity contribution is -0.0105. The maximum absolute atomic E-state index is 9.66. The lowest BCUT2D eigenvalue weighted by Crippen LogP contribution is -2.60. The molecule has 2 heterocycles. The molecular weight excluding hydrogens is 142 g/mol. The van der Waals surface area contributed by atoms with Gasteiger partial charge < -0.3 is 15.4 Å². The van der Waals surface area contributed by atoms with Crippen LogP contribution in [0.25, 0.3) is 0 Å². The smallest absolute Gasteiger partial charge is 0.108 e. The molecule has 0 amide bonds. The van der Waals surface area contributed by atoms with Gasteiger partial charge >= 0.3 is 0 Å². The van der Waals surface area contributed by atoms with Crippen molar-refractivity contribution >= 4 is 0 Å². The Morgan fingerprint density at radius 3 is 2.91 bits per heavy atom. The van der Waals surface area contributed by atoms with E-state index in [4.69, 9.17) is 0 Å². The monoisotopic (exact) mass is 153 g/mol. The lowest BCUT2D eigenvalue weighted by atomic mass is 9.93. The summed E-state index contributed by atoms with van der Waals surface area (Å²) in [5.41, 5.74) is -0.558. The van der Waals surface area contributed by atoms with E-state index >= 15 is 0 Å². The number of hydrogen-bond acceptors (Lipinski definition) is 3. The van der Waals surface area contributed by atoms with Gasteiger partial charge in [-0.15, -0.1) is 0 Å². The summed E-state index contributed by atoms with van der Waals surface area (Å²) in [6.45, 7) is 1.35. The molecule has 4 heteroatoms. The molecule has 0 spiro atoms. The topological polar surface area (TPSA) is 60.9 Å². The van der Waals surface area contributed by atoms with E-state index in [-0.39, 0.29) is 0 Å². The predicted molar refractivity (Wildman–Crippen MR) is 40.1 cm³/mol. The molecule has 3 N–H and O–H groups in total. The lowest BCUT2D eigenvalue weighted by Gasteiger charge is -2.36. The van der Waals surface area contributed by atoms with Crippen LogP contribution in [-0.2, 0) is 6.42 Å². The zero-order chi connectivity index (χ0) is 7.73. The van der Waals surface area contributed by atoms with Crippen LogP contribution in [0.1, 0.15) is 5.82 Å². The molecule has 1 aliphatic rings. The summed E-state index contributed by atoms with van der Waals surface area (Å²) in [6, 6.07) is 0. The number of H-pyrrole nitrogens is 1. The SMILES string of the molecule is OC1(Cc2ncc[nH]2)CNC1. The Morgan fingerprint density at radius 1 is 1.64 bits per heavy atom. The average molecular weight is 153 g/mol. The highest BCUT2D eigenvalue weighted by molar-refractivity contribution is 5.02. The van der Waals surface area contributed by atoms with Crippen molar-refractivity contribution in [3.8, 4) is 0 Å². The van der Waals surface area contributed by atoms with E-state index in [1.54, 1.807) is 12.4 Å². The first-order chi connectivity index (χ1) is 5.29. The zero-order valence-electron chi connectivity index (χ0n) is 6.17. The third-order valence-electron chi connectivity index (χ3n) is 1.96. The Bertz CT molecular complexity index is 228. The summed E-state index contributed by atoms with van der Waals surface area (Å²) in [5.74, 6) is 0.856. The van der Waals surface area contributed by atoms with Gasteiger partial charge in [-0.2, -0.15) is 0 Å². The third kappa shape index (κ3) is 1.27. The quantitative estimate of drug-likeness (QED) is 0.526. The van der Waals surface area contributed by atoms with Gasteiger partial charge in [-0.1, -0.05) is 0 Å². The molecule has 1 aliphatic heterocycles. The van der Waals surface area contributed by atoms with Crippen molar-refractivity contribution in [3.63, 3.8) is 0 Å². The van der Waals surface area contributed by atoms with Crippen LogP contribution in [0, 0.1) is 0 Å². The average Bonchev–Trinajstić information content (AvgIpc) is 2.36. The van der Waals surface area contributed by atoms with E-state index in [0.717, 1.165) is 5.82 Å². The van der Waals surface area contributed by atoms with E-state index in [1.165, 1.54) is 0 Å². The fraction of sp³-hybridized carbons (Fsp3) is 0.571. The Morgan fingerprint density at radius 2 is 2.45 bits per heavy atom. The second-order valence-electron chi connectivity index (χ2n) is 3.04. The standard InChI is InChI=1S/C7H11N3O/c11-7(4-8-5-7)3-6-9-1-2-10-6/h1-2,8,11H,3-5H2,(H,9,10). The van der Waals surface area contributed by atoms with Gasteiger partial charge in [0.25, 0.3) is 0 Å². The van der Waals surface area contributed by atoms with E-state index in [0.29, 0.717) is 19.5 Å². The number of nitrogens with one attached hydrogen (secondary N) is 2. The van der Waals surface area contributed by atoms with Gasteiger partial charge in [-0.3, -0.25) is 0 Å². The predicted octanol–water partition coefficient (Wildman–Crippen LogP) is -0.714. The van der Waals surface area contributed by atoms with Crippen molar-refractivity contribution in [2.45, 2.75) is 12.0 Å². The van der Waals surface area contributed by atoms with Gasteiger partial charge in [0, 0.05) is 31.9 Å². The summed E-state index contributed by atoms with van der Waals surface area (Å²) in [5, 5.41) is 12.7. The van der Waals surface area contributed by atoms with Gasteiger partial charge in [0.2, 0.25) is 0 Å². The maximum Gasteiger partial charge on any atom is 0.108 e.